The topological polar surface area (TPSA) is 84.5 Å². The maximum absolute atomic E-state index is 12.3. The molecule has 0 atom stereocenters. The lowest BCUT2D eigenvalue weighted by Gasteiger charge is -2.11. The van der Waals surface area contributed by atoms with E-state index in [9.17, 15) is 13.2 Å². The number of amides is 1. The van der Waals surface area contributed by atoms with E-state index in [0.717, 1.165) is 24.5 Å². The van der Waals surface area contributed by atoms with Crippen molar-refractivity contribution in [1.29, 1.82) is 0 Å². The molecule has 0 spiro atoms. The van der Waals surface area contributed by atoms with Crippen molar-refractivity contribution >= 4 is 15.9 Å². The molecule has 0 bridgehead atoms. The molecule has 7 heteroatoms. The fourth-order valence-corrected chi connectivity index (χ4v) is 3.36. The van der Waals surface area contributed by atoms with Crippen LogP contribution in [0.4, 0.5) is 0 Å². The van der Waals surface area contributed by atoms with Crippen molar-refractivity contribution in [3.8, 4) is 0 Å². The van der Waals surface area contributed by atoms with Gasteiger partial charge in [-0.15, -0.1) is 0 Å². The largest absolute Gasteiger partial charge is 0.381 e. The van der Waals surface area contributed by atoms with Crippen molar-refractivity contribution in [3.63, 3.8) is 0 Å². The predicted octanol–water partition coefficient (Wildman–Crippen LogP) is 1.84. The first-order valence-electron chi connectivity index (χ1n) is 8.40. The summed E-state index contributed by atoms with van der Waals surface area (Å²) in [5.74, 6) is 0.479. The van der Waals surface area contributed by atoms with E-state index in [2.05, 4.69) is 10.0 Å². The molecule has 2 rings (SSSR count). The minimum atomic E-state index is -3.57. The van der Waals surface area contributed by atoms with Gasteiger partial charge in [0.2, 0.25) is 10.0 Å². The third kappa shape index (κ3) is 5.58. The molecule has 1 fully saturated rings. The molecule has 0 radical (unpaired) electrons. The van der Waals surface area contributed by atoms with Crippen LogP contribution in [0.3, 0.4) is 0 Å². The molecule has 1 aromatic carbocycles. The van der Waals surface area contributed by atoms with Gasteiger partial charge in [-0.25, -0.2) is 13.1 Å². The van der Waals surface area contributed by atoms with Crippen LogP contribution in [-0.2, 0) is 14.8 Å². The van der Waals surface area contributed by atoms with Crippen molar-refractivity contribution in [3.05, 3.63) is 29.3 Å². The highest BCUT2D eigenvalue weighted by Crippen LogP contribution is 2.28. The average molecular weight is 354 g/mol. The van der Waals surface area contributed by atoms with Crippen LogP contribution >= 0.6 is 0 Å². The zero-order valence-electron chi connectivity index (χ0n) is 14.3. The third-order valence-electron chi connectivity index (χ3n) is 3.90. The summed E-state index contributed by atoms with van der Waals surface area (Å²) in [7, 11) is -3.57. The van der Waals surface area contributed by atoms with E-state index >= 15 is 0 Å². The van der Waals surface area contributed by atoms with Crippen LogP contribution in [0.1, 0.15) is 42.1 Å². The summed E-state index contributed by atoms with van der Waals surface area (Å²) in [6.07, 6.45) is 3.27. The fourth-order valence-electron chi connectivity index (χ4n) is 2.29. The Bertz CT molecular complexity index is 669. The van der Waals surface area contributed by atoms with Crippen LogP contribution in [0, 0.1) is 12.8 Å². The van der Waals surface area contributed by atoms with Crippen molar-refractivity contribution < 1.29 is 17.9 Å². The first kappa shape index (κ1) is 18.9. The van der Waals surface area contributed by atoms with E-state index in [1.807, 2.05) is 0 Å². The number of benzene rings is 1. The van der Waals surface area contributed by atoms with E-state index in [1.165, 1.54) is 25.0 Å². The van der Waals surface area contributed by atoms with Crippen LogP contribution in [0.2, 0.25) is 0 Å². The lowest BCUT2D eigenvalue weighted by molar-refractivity contribution is 0.0936. The van der Waals surface area contributed by atoms with Gasteiger partial charge >= 0.3 is 0 Å². The summed E-state index contributed by atoms with van der Waals surface area (Å²) >= 11 is 0. The van der Waals surface area contributed by atoms with Crippen molar-refractivity contribution in [2.24, 2.45) is 5.92 Å². The first-order chi connectivity index (χ1) is 11.4. The second kappa shape index (κ2) is 8.60. The van der Waals surface area contributed by atoms with Gasteiger partial charge in [-0.3, -0.25) is 4.79 Å². The SMILES string of the molecule is CCNS(=O)(=O)c1ccc(C)c(C(=O)NCCCOCC2CC2)c1. The Labute approximate surface area is 144 Å². The second-order valence-corrected chi connectivity index (χ2v) is 7.87. The summed E-state index contributed by atoms with van der Waals surface area (Å²) < 4.78 is 32.1. The van der Waals surface area contributed by atoms with E-state index in [4.69, 9.17) is 4.74 Å². The molecule has 2 N–H and O–H groups in total. The number of hydrogen-bond acceptors (Lipinski definition) is 4. The summed E-state index contributed by atoms with van der Waals surface area (Å²) in [6.45, 7) is 5.76. The molecule has 0 unspecified atom stereocenters. The molecule has 24 heavy (non-hydrogen) atoms. The number of ether oxygens (including phenoxy) is 1. The Balaban J connectivity index is 1.88. The van der Waals surface area contributed by atoms with Crippen molar-refractivity contribution in [2.75, 3.05) is 26.3 Å². The van der Waals surface area contributed by atoms with Crippen LogP contribution < -0.4 is 10.0 Å². The van der Waals surface area contributed by atoms with Gasteiger partial charge in [-0.1, -0.05) is 13.0 Å². The minimum Gasteiger partial charge on any atom is -0.381 e. The Morgan fingerprint density at radius 1 is 1.33 bits per heavy atom. The van der Waals surface area contributed by atoms with Crippen molar-refractivity contribution in [1.82, 2.24) is 10.0 Å². The predicted molar refractivity (Wildman–Crippen MR) is 92.5 cm³/mol. The van der Waals surface area contributed by atoms with Gasteiger partial charge < -0.3 is 10.1 Å². The van der Waals surface area contributed by atoms with Crippen LogP contribution in [-0.4, -0.2) is 40.6 Å². The first-order valence-corrected chi connectivity index (χ1v) is 9.88. The van der Waals surface area contributed by atoms with Crippen LogP contribution in [0.5, 0.6) is 0 Å². The van der Waals surface area contributed by atoms with Gasteiger partial charge in [-0.2, -0.15) is 0 Å². The fraction of sp³-hybridized carbons (Fsp3) is 0.588. The summed E-state index contributed by atoms with van der Waals surface area (Å²) in [6, 6.07) is 4.58. The highest BCUT2D eigenvalue weighted by atomic mass is 32.2. The zero-order chi connectivity index (χ0) is 17.6. The molecule has 6 nitrogen and oxygen atoms in total. The molecule has 0 heterocycles. The van der Waals surface area contributed by atoms with E-state index < -0.39 is 10.0 Å². The standard InChI is InChI=1S/C17H26N2O4S/c1-3-19-24(21,22)15-8-5-13(2)16(11-15)17(20)18-9-4-10-23-12-14-6-7-14/h5,8,11,14,19H,3-4,6-7,9-10,12H2,1-2H3,(H,18,20). The van der Waals surface area contributed by atoms with Gasteiger partial charge in [0.1, 0.15) is 0 Å². The minimum absolute atomic E-state index is 0.105. The molecule has 1 amide bonds. The van der Waals surface area contributed by atoms with Gasteiger partial charge in [0, 0.05) is 31.9 Å². The number of carbonyl (C=O) groups excluding carboxylic acids is 1. The number of nitrogens with one attached hydrogen (secondary N) is 2. The number of rotatable bonds is 10. The molecular formula is C17H26N2O4S. The number of sulfonamides is 1. The molecule has 1 saturated carbocycles. The maximum atomic E-state index is 12.3. The van der Waals surface area contributed by atoms with Gasteiger partial charge in [0.15, 0.2) is 0 Å². The molecule has 0 saturated heterocycles. The Kier molecular flexibility index (Phi) is 6.77. The van der Waals surface area contributed by atoms with E-state index in [-0.39, 0.29) is 10.8 Å². The van der Waals surface area contributed by atoms with Gasteiger partial charge in [-0.05, 0) is 49.8 Å². The number of hydrogen-bond donors (Lipinski definition) is 2. The Hall–Kier alpha value is -1.44. The Morgan fingerprint density at radius 3 is 2.75 bits per heavy atom. The average Bonchev–Trinajstić information content (AvgIpc) is 3.35. The lowest BCUT2D eigenvalue weighted by Crippen LogP contribution is -2.27. The molecule has 1 aromatic rings. The van der Waals surface area contributed by atoms with E-state index in [0.29, 0.717) is 25.3 Å². The molecule has 1 aliphatic carbocycles. The van der Waals surface area contributed by atoms with Crippen LogP contribution in [0.25, 0.3) is 0 Å². The summed E-state index contributed by atoms with van der Waals surface area (Å²) in [5.41, 5.74) is 1.13. The smallest absolute Gasteiger partial charge is 0.251 e. The van der Waals surface area contributed by atoms with E-state index in [1.54, 1.807) is 19.9 Å². The molecule has 134 valence electrons. The highest BCUT2D eigenvalue weighted by molar-refractivity contribution is 7.89. The molecule has 0 aliphatic heterocycles. The van der Waals surface area contributed by atoms with Crippen LogP contribution in [0.15, 0.2) is 23.1 Å². The molecule has 0 aromatic heterocycles. The number of carbonyl (C=O) groups is 1. The van der Waals surface area contributed by atoms with Crippen molar-refractivity contribution in [2.45, 2.75) is 38.0 Å². The quantitative estimate of drug-likeness (QED) is 0.628. The maximum Gasteiger partial charge on any atom is 0.251 e. The van der Waals surface area contributed by atoms with Gasteiger partial charge in [0.05, 0.1) is 4.90 Å². The second-order valence-electron chi connectivity index (χ2n) is 6.11. The summed E-state index contributed by atoms with van der Waals surface area (Å²) in [4.78, 5) is 12.4. The zero-order valence-corrected chi connectivity index (χ0v) is 15.1. The highest BCUT2D eigenvalue weighted by Gasteiger charge is 2.21. The van der Waals surface area contributed by atoms with Gasteiger partial charge in [0.25, 0.3) is 5.91 Å². The normalized spacial score (nSPS) is 14.6. The lowest BCUT2D eigenvalue weighted by atomic mass is 10.1. The molecule has 1 aliphatic rings. The molecular weight excluding hydrogens is 328 g/mol. The third-order valence-corrected chi connectivity index (χ3v) is 5.44. The monoisotopic (exact) mass is 354 g/mol. The Morgan fingerprint density at radius 2 is 2.08 bits per heavy atom. The number of aryl methyl sites for hydroxylation is 1. The summed E-state index contributed by atoms with van der Waals surface area (Å²) in [5, 5.41) is 2.82.